The zero-order chi connectivity index (χ0) is 13.9. The molecule has 0 fully saturated rings. The number of hydrogen-bond donors (Lipinski definition) is 1. The van der Waals surface area contributed by atoms with E-state index in [0.717, 1.165) is 22.1 Å². The van der Waals surface area contributed by atoms with E-state index in [1.807, 2.05) is 36.4 Å². The van der Waals surface area contributed by atoms with Crippen LogP contribution in [0.3, 0.4) is 0 Å². The third kappa shape index (κ3) is 2.05. The molecular weight excluding hydrogens is 244 g/mol. The smallest absolute Gasteiger partial charge is 0.0998 e. The lowest BCUT2D eigenvalue weighted by molar-refractivity contribution is 1.07. The number of nitrogens with zero attached hydrogens (tertiary/aromatic N) is 1. The second kappa shape index (κ2) is 5.16. The number of rotatable bonds is 2. The van der Waals surface area contributed by atoms with Crippen molar-refractivity contribution >= 4 is 10.8 Å². The van der Waals surface area contributed by atoms with E-state index in [4.69, 9.17) is 5.73 Å². The van der Waals surface area contributed by atoms with Crippen LogP contribution in [0.1, 0.15) is 11.1 Å². The van der Waals surface area contributed by atoms with Gasteiger partial charge in [0.05, 0.1) is 11.6 Å². The quantitative estimate of drug-likeness (QED) is 0.759. The summed E-state index contributed by atoms with van der Waals surface area (Å²) in [6.07, 6.45) is 0. The SMILES string of the molecule is N#Cc1ccc(CN)cc1-c1cccc2ccccc12. The van der Waals surface area contributed by atoms with Crippen molar-refractivity contribution < 1.29 is 0 Å². The third-order valence-corrected chi connectivity index (χ3v) is 3.52. The van der Waals surface area contributed by atoms with Crippen LogP contribution in [-0.2, 0) is 6.54 Å². The van der Waals surface area contributed by atoms with E-state index in [1.54, 1.807) is 0 Å². The molecule has 0 aromatic heterocycles. The van der Waals surface area contributed by atoms with Crippen molar-refractivity contribution in [2.24, 2.45) is 5.73 Å². The molecular formula is C18H14N2. The van der Waals surface area contributed by atoms with Crippen LogP contribution < -0.4 is 5.73 Å². The first-order chi connectivity index (χ1) is 9.83. The zero-order valence-electron chi connectivity index (χ0n) is 11.0. The first-order valence-corrected chi connectivity index (χ1v) is 6.54. The maximum Gasteiger partial charge on any atom is 0.0998 e. The van der Waals surface area contributed by atoms with E-state index in [1.165, 1.54) is 5.39 Å². The van der Waals surface area contributed by atoms with Crippen LogP contribution in [0.5, 0.6) is 0 Å². The molecule has 2 nitrogen and oxygen atoms in total. The second-order valence-electron chi connectivity index (χ2n) is 4.72. The molecule has 0 amide bonds. The molecule has 0 radical (unpaired) electrons. The first-order valence-electron chi connectivity index (χ1n) is 6.54. The van der Waals surface area contributed by atoms with Crippen LogP contribution in [-0.4, -0.2) is 0 Å². The predicted molar refractivity (Wildman–Crippen MR) is 82.0 cm³/mol. The molecule has 96 valence electrons. The van der Waals surface area contributed by atoms with Crippen molar-refractivity contribution in [2.45, 2.75) is 6.54 Å². The lowest BCUT2D eigenvalue weighted by Crippen LogP contribution is -1.97. The van der Waals surface area contributed by atoms with Gasteiger partial charge in [0, 0.05) is 12.1 Å². The average molecular weight is 258 g/mol. The molecule has 0 saturated carbocycles. The highest BCUT2D eigenvalue weighted by Crippen LogP contribution is 2.31. The van der Waals surface area contributed by atoms with Crippen LogP contribution in [0, 0.1) is 11.3 Å². The standard InChI is InChI=1S/C18H14N2/c19-11-13-8-9-15(12-20)18(10-13)17-7-3-5-14-4-1-2-6-16(14)17/h1-10H,11,19H2. The topological polar surface area (TPSA) is 49.8 Å². The van der Waals surface area contributed by atoms with Gasteiger partial charge < -0.3 is 5.73 Å². The number of benzene rings is 3. The van der Waals surface area contributed by atoms with E-state index in [9.17, 15) is 5.26 Å². The lowest BCUT2D eigenvalue weighted by atomic mass is 9.93. The fourth-order valence-corrected chi connectivity index (χ4v) is 2.50. The highest BCUT2D eigenvalue weighted by Gasteiger charge is 2.09. The van der Waals surface area contributed by atoms with Gasteiger partial charge in [-0.2, -0.15) is 5.26 Å². The van der Waals surface area contributed by atoms with Gasteiger partial charge in [-0.05, 0) is 34.0 Å². The molecule has 0 atom stereocenters. The maximum absolute atomic E-state index is 9.33. The fraction of sp³-hybridized carbons (Fsp3) is 0.0556. The maximum atomic E-state index is 9.33. The molecule has 0 aliphatic carbocycles. The Bertz CT molecular complexity index is 808. The number of hydrogen-bond acceptors (Lipinski definition) is 2. The summed E-state index contributed by atoms with van der Waals surface area (Å²) >= 11 is 0. The van der Waals surface area contributed by atoms with Gasteiger partial charge in [0.15, 0.2) is 0 Å². The van der Waals surface area contributed by atoms with Crippen molar-refractivity contribution in [1.29, 1.82) is 5.26 Å². The molecule has 0 unspecified atom stereocenters. The Hall–Kier alpha value is -2.63. The van der Waals surface area contributed by atoms with Gasteiger partial charge in [0.2, 0.25) is 0 Å². The lowest BCUT2D eigenvalue weighted by Gasteiger charge is -2.10. The zero-order valence-corrected chi connectivity index (χ0v) is 11.0. The molecule has 3 aromatic carbocycles. The summed E-state index contributed by atoms with van der Waals surface area (Å²) < 4.78 is 0. The van der Waals surface area contributed by atoms with E-state index in [-0.39, 0.29) is 0 Å². The Kier molecular flexibility index (Phi) is 3.20. The molecule has 2 N–H and O–H groups in total. The van der Waals surface area contributed by atoms with Gasteiger partial charge >= 0.3 is 0 Å². The van der Waals surface area contributed by atoms with Crippen LogP contribution in [0.25, 0.3) is 21.9 Å². The molecule has 3 rings (SSSR count). The Morgan fingerprint density at radius 3 is 2.50 bits per heavy atom. The molecule has 0 spiro atoms. The molecule has 20 heavy (non-hydrogen) atoms. The molecule has 0 saturated heterocycles. The summed E-state index contributed by atoms with van der Waals surface area (Å²) in [7, 11) is 0. The first kappa shape index (κ1) is 12.4. The predicted octanol–water partition coefficient (Wildman–Crippen LogP) is 3.84. The second-order valence-corrected chi connectivity index (χ2v) is 4.72. The summed E-state index contributed by atoms with van der Waals surface area (Å²) in [4.78, 5) is 0. The molecule has 0 heterocycles. The molecule has 0 bridgehead atoms. The number of nitriles is 1. The van der Waals surface area contributed by atoms with Gasteiger partial charge in [0.1, 0.15) is 0 Å². The van der Waals surface area contributed by atoms with Crippen molar-refractivity contribution in [3.63, 3.8) is 0 Å². The van der Waals surface area contributed by atoms with Gasteiger partial charge in [0.25, 0.3) is 0 Å². The molecule has 0 aliphatic rings. The van der Waals surface area contributed by atoms with Crippen LogP contribution in [0.15, 0.2) is 60.7 Å². The Morgan fingerprint density at radius 1 is 0.900 bits per heavy atom. The average Bonchev–Trinajstić information content (AvgIpc) is 2.53. The van der Waals surface area contributed by atoms with E-state index < -0.39 is 0 Å². The molecule has 2 heteroatoms. The Morgan fingerprint density at radius 2 is 1.70 bits per heavy atom. The number of fused-ring (bicyclic) bond motifs is 1. The number of nitrogens with two attached hydrogens (primary N) is 1. The van der Waals surface area contributed by atoms with Crippen molar-refractivity contribution in [3.05, 3.63) is 71.8 Å². The summed E-state index contributed by atoms with van der Waals surface area (Å²) in [6, 6.07) is 22.4. The van der Waals surface area contributed by atoms with Crippen LogP contribution >= 0.6 is 0 Å². The van der Waals surface area contributed by atoms with Crippen molar-refractivity contribution in [2.75, 3.05) is 0 Å². The Labute approximate surface area is 118 Å². The van der Waals surface area contributed by atoms with Gasteiger partial charge in [-0.3, -0.25) is 0 Å². The summed E-state index contributed by atoms with van der Waals surface area (Å²) in [6.45, 7) is 0.476. The van der Waals surface area contributed by atoms with Gasteiger partial charge in [-0.15, -0.1) is 0 Å². The van der Waals surface area contributed by atoms with Crippen LogP contribution in [0.2, 0.25) is 0 Å². The monoisotopic (exact) mass is 258 g/mol. The summed E-state index contributed by atoms with van der Waals surface area (Å²) in [5.41, 5.74) is 9.46. The van der Waals surface area contributed by atoms with Crippen molar-refractivity contribution in [3.8, 4) is 17.2 Å². The molecule has 3 aromatic rings. The normalized spacial score (nSPS) is 10.4. The third-order valence-electron chi connectivity index (χ3n) is 3.52. The van der Waals surface area contributed by atoms with Gasteiger partial charge in [-0.25, -0.2) is 0 Å². The largest absolute Gasteiger partial charge is 0.326 e. The summed E-state index contributed by atoms with van der Waals surface area (Å²) in [5.74, 6) is 0. The highest BCUT2D eigenvalue weighted by molar-refractivity contribution is 5.97. The van der Waals surface area contributed by atoms with Crippen molar-refractivity contribution in [1.82, 2.24) is 0 Å². The van der Waals surface area contributed by atoms with Crippen LogP contribution in [0.4, 0.5) is 0 Å². The highest BCUT2D eigenvalue weighted by atomic mass is 14.5. The summed E-state index contributed by atoms with van der Waals surface area (Å²) in [5, 5.41) is 11.7. The van der Waals surface area contributed by atoms with E-state index in [0.29, 0.717) is 12.1 Å². The van der Waals surface area contributed by atoms with E-state index >= 15 is 0 Å². The Balaban J connectivity index is 2.33. The minimum absolute atomic E-state index is 0.476. The molecule has 0 aliphatic heterocycles. The minimum atomic E-state index is 0.476. The minimum Gasteiger partial charge on any atom is -0.326 e. The fourth-order valence-electron chi connectivity index (χ4n) is 2.50. The van der Waals surface area contributed by atoms with Gasteiger partial charge in [-0.1, -0.05) is 48.5 Å². The van der Waals surface area contributed by atoms with E-state index in [2.05, 4.69) is 30.3 Å².